The fourth-order valence-corrected chi connectivity index (χ4v) is 2.25. The van der Waals surface area contributed by atoms with E-state index in [-0.39, 0.29) is 6.10 Å². The Labute approximate surface area is 90.5 Å². The molecule has 1 aromatic heterocycles. The van der Waals surface area contributed by atoms with Crippen molar-refractivity contribution in [3.8, 4) is 0 Å². The molecule has 0 saturated heterocycles. The lowest BCUT2D eigenvalue weighted by Crippen LogP contribution is -2.36. The standard InChI is InChI=1S/C11H19N3O/c1-8(15)6-14-5-4-11-10(7-14)12-9(2)13(11)3/h8,15H,4-7H2,1-3H3. The van der Waals surface area contributed by atoms with Crippen LogP contribution < -0.4 is 0 Å². The van der Waals surface area contributed by atoms with Gasteiger partial charge in [0.25, 0.3) is 0 Å². The Morgan fingerprint density at radius 2 is 2.27 bits per heavy atom. The maximum Gasteiger partial charge on any atom is 0.105 e. The molecule has 1 aliphatic rings. The average molecular weight is 209 g/mol. The first-order valence-electron chi connectivity index (χ1n) is 5.49. The van der Waals surface area contributed by atoms with Crippen LogP contribution in [0.4, 0.5) is 0 Å². The summed E-state index contributed by atoms with van der Waals surface area (Å²) in [5.74, 6) is 1.08. The number of aryl methyl sites for hydroxylation is 1. The summed E-state index contributed by atoms with van der Waals surface area (Å²) < 4.78 is 2.18. The van der Waals surface area contributed by atoms with E-state index in [2.05, 4.69) is 21.5 Å². The van der Waals surface area contributed by atoms with E-state index in [1.165, 1.54) is 11.4 Å². The van der Waals surface area contributed by atoms with E-state index in [1.54, 1.807) is 0 Å². The van der Waals surface area contributed by atoms with Gasteiger partial charge in [-0.05, 0) is 13.8 Å². The van der Waals surface area contributed by atoms with Gasteiger partial charge in [0.05, 0.1) is 11.8 Å². The van der Waals surface area contributed by atoms with E-state index in [9.17, 15) is 5.11 Å². The Bertz CT molecular complexity index is 357. The third-order valence-electron chi connectivity index (χ3n) is 3.08. The van der Waals surface area contributed by atoms with Crippen molar-refractivity contribution >= 4 is 0 Å². The number of hydrogen-bond donors (Lipinski definition) is 1. The number of imidazole rings is 1. The average Bonchev–Trinajstić information content (AvgIpc) is 2.41. The van der Waals surface area contributed by atoms with Crippen LogP contribution in [0.5, 0.6) is 0 Å². The molecule has 1 unspecified atom stereocenters. The van der Waals surface area contributed by atoms with Crippen LogP contribution in [0, 0.1) is 6.92 Å². The lowest BCUT2D eigenvalue weighted by Gasteiger charge is -2.27. The summed E-state index contributed by atoms with van der Waals surface area (Å²) in [6, 6.07) is 0. The summed E-state index contributed by atoms with van der Waals surface area (Å²) >= 11 is 0. The van der Waals surface area contributed by atoms with Crippen molar-refractivity contribution in [1.29, 1.82) is 0 Å². The van der Waals surface area contributed by atoms with Crippen molar-refractivity contribution in [2.75, 3.05) is 13.1 Å². The Morgan fingerprint density at radius 3 is 2.93 bits per heavy atom. The maximum absolute atomic E-state index is 9.35. The van der Waals surface area contributed by atoms with Gasteiger partial charge in [0.1, 0.15) is 5.82 Å². The van der Waals surface area contributed by atoms with Crippen LogP contribution in [-0.4, -0.2) is 38.8 Å². The number of fused-ring (bicyclic) bond motifs is 1. The van der Waals surface area contributed by atoms with Crippen LogP contribution in [0.25, 0.3) is 0 Å². The minimum atomic E-state index is -0.253. The minimum Gasteiger partial charge on any atom is -0.392 e. The fraction of sp³-hybridized carbons (Fsp3) is 0.727. The molecular formula is C11H19N3O. The topological polar surface area (TPSA) is 41.3 Å². The summed E-state index contributed by atoms with van der Waals surface area (Å²) in [5.41, 5.74) is 2.54. The number of aromatic nitrogens is 2. The van der Waals surface area contributed by atoms with Crippen LogP contribution in [-0.2, 0) is 20.0 Å². The van der Waals surface area contributed by atoms with Crippen LogP contribution >= 0.6 is 0 Å². The number of aliphatic hydroxyl groups is 1. The molecule has 0 spiro atoms. The number of β-amino-alcohol motifs (C(OH)–C–C–N with tert-alkyl or cyclic N) is 1. The highest BCUT2D eigenvalue weighted by Crippen LogP contribution is 2.18. The summed E-state index contributed by atoms with van der Waals surface area (Å²) in [4.78, 5) is 6.81. The first-order valence-corrected chi connectivity index (χ1v) is 5.49. The molecule has 2 heterocycles. The van der Waals surface area contributed by atoms with Crippen molar-refractivity contribution in [1.82, 2.24) is 14.5 Å². The lowest BCUT2D eigenvalue weighted by atomic mass is 10.1. The van der Waals surface area contributed by atoms with Crippen LogP contribution in [0.2, 0.25) is 0 Å². The molecule has 1 aromatic rings. The molecule has 4 nitrogen and oxygen atoms in total. The minimum absolute atomic E-state index is 0.253. The molecule has 0 amide bonds. The Kier molecular flexibility index (Phi) is 2.80. The second-order valence-electron chi connectivity index (χ2n) is 4.45. The summed E-state index contributed by atoms with van der Waals surface area (Å²) in [5, 5.41) is 9.35. The van der Waals surface area contributed by atoms with E-state index < -0.39 is 0 Å². The molecule has 1 aliphatic heterocycles. The van der Waals surface area contributed by atoms with Crippen LogP contribution in [0.15, 0.2) is 0 Å². The first-order chi connectivity index (χ1) is 7.08. The fourth-order valence-electron chi connectivity index (χ4n) is 2.25. The van der Waals surface area contributed by atoms with E-state index >= 15 is 0 Å². The highest BCUT2D eigenvalue weighted by molar-refractivity contribution is 5.19. The van der Waals surface area contributed by atoms with Crippen LogP contribution in [0.1, 0.15) is 24.1 Å². The zero-order valence-electron chi connectivity index (χ0n) is 9.69. The van der Waals surface area contributed by atoms with Gasteiger partial charge in [-0.25, -0.2) is 4.98 Å². The molecular weight excluding hydrogens is 190 g/mol. The quantitative estimate of drug-likeness (QED) is 0.769. The third kappa shape index (κ3) is 2.06. The van der Waals surface area contributed by atoms with E-state index in [0.29, 0.717) is 0 Å². The molecule has 0 radical (unpaired) electrons. The van der Waals surface area contributed by atoms with Gasteiger partial charge in [-0.15, -0.1) is 0 Å². The summed E-state index contributed by atoms with van der Waals surface area (Å²) in [6.07, 6.45) is 0.788. The Balaban J connectivity index is 2.13. The molecule has 0 aromatic carbocycles. The van der Waals surface area contributed by atoms with Gasteiger partial charge >= 0.3 is 0 Å². The molecule has 1 N–H and O–H groups in total. The van der Waals surface area contributed by atoms with Gasteiger partial charge in [0.2, 0.25) is 0 Å². The first kappa shape index (κ1) is 10.6. The highest BCUT2D eigenvalue weighted by atomic mass is 16.3. The van der Waals surface area contributed by atoms with Crippen molar-refractivity contribution in [3.05, 3.63) is 17.2 Å². The van der Waals surface area contributed by atoms with Gasteiger partial charge in [0, 0.05) is 38.8 Å². The van der Waals surface area contributed by atoms with E-state index in [4.69, 9.17) is 0 Å². The molecule has 0 aliphatic carbocycles. The van der Waals surface area contributed by atoms with Gasteiger partial charge in [-0.2, -0.15) is 0 Å². The molecule has 4 heteroatoms. The molecule has 0 bridgehead atoms. The van der Waals surface area contributed by atoms with E-state index in [0.717, 1.165) is 31.9 Å². The highest BCUT2D eigenvalue weighted by Gasteiger charge is 2.21. The second-order valence-corrected chi connectivity index (χ2v) is 4.45. The number of aliphatic hydroxyl groups excluding tert-OH is 1. The van der Waals surface area contributed by atoms with Crippen molar-refractivity contribution in [2.24, 2.45) is 7.05 Å². The molecule has 1 atom stereocenters. The molecule has 2 rings (SSSR count). The predicted molar refractivity (Wildman–Crippen MR) is 58.6 cm³/mol. The Morgan fingerprint density at radius 1 is 1.53 bits per heavy atom. The Hall–Kier alpha value is -0.870. The SMILES string of the molecule is Cc1nc2c(n1C)CCN(CC(C)O)C2. The smallest absolute Gasteiger partial charge is 0.105 e. The summed E-state index contributed by atoms with van der Waals surface area (Å²) in [7, 11) is 2.07. The number of nitrogens with zero attached hydrogens (tertiary/aromatic N) is 3. The monoisotopic (exact) mass is 209 g/mol. The van der Waals surface area contributed by atoms with Gasteiger partial charge in [-0.3, -0.25) is 4.90 Å². The van der Waals surface area contributed by atoms with Crippen molar-refractivity contribution < 1.29 is 5.11 Å². The zero-order valence-corrected chi connectivity index (χ0v) is 9.69. The van der Waals surface area contributed by atoms with Gasteiger partial charge in [0.15, 0.2) is 0 Å². The van der Waals surface area contributed by atoms with Crippen molar-refractivity contribution in [2.45, 2.75) is 32.9 Å². The molecule has 84 valence electrons. The molecule has 0 saturated carbocycles. The van der Waals surface area contributed by atoms with E-state index in [1.807, 2.05) is 13.8 Å². The van der Waals surface area contributed by atoms with Crippen molar-refractivity contribution in [3.63, 3.8) is 0 Å². The lowest BCUT2D eigenvalue weighted by molar-refractivity contribution is 0.117. The molecule has 15 heavy (non-hydrogen) atoms. The number of rotatable bonds is 2. The second kappa shape index (κ2) is 3.94. The predicted octanol–water partition coefficient (Wildman–Crippen LogP) is 0.467. The zero-order chi connectivity index (χ0) is 11.0. The molecule has 0 fully saturated rings. The normalized spacial score (nSPS) is 18.9. The van der Waals surface area contributed by atoms with Gasteiger partial charge in [-0.1, -0.05) is 0 Å². The third-order valence-corrected chi connectivity index (χ3v) is 3.08. The largest absolute Gasteiger partial charge is 0.392 e. The summed E-state index contributed by atoms with van der Waals surface area (Å²) in [6.45, 7) is 6.52. The van der Waals surface area contributed by atoms with Crippen LogP contribution in [0.3, 0.4) is 0 Å². The van der Waals surface area contributed by atoms with Gasteiger partial charge < -0.3 is 9.67 Å². The number of hydrogen-bond acceptors (Lipinski definition) is 3. The maximum atomic E-state index is 9.35.